The van der Waals surface area contributed by atoms with Gasteiger partial charge in [0.25, 0.3) is 0 Å². The third kappa shape index (κ3) is 5.50. The van der Waals surface area contributed by atoms with E-state index in [1.165, 1.54) is 13.0 Å². The van der Waals surface area contributed by atoms with Gasteiger partial charge in [0.05, 0.1) is 12.7 Å². The molecule has 1 aliphatic rings. The summed E-state index contributed by atoms with van der Waals surface area (Å²) in [5.41, 5.74) is 0. The Labute approximate surface area is 94.2 Å². The maximum atomic E-state index is 5.67. The van der Waals surface area contributed by atoms with Crippen LogP contribution >= 0.6 is 0 Å². The third-order valence-electron chi connectivity index (χ3n) is 3.16. The molecule has 15 heavy (non-hydrogen) atoms. The average Bonchev–Trinajstić information content (AvgIpc) is 2.27. The number of ether oxygens (including phenoxy) is 1. The largest absolute Gasteiger partial charge is 0.376 e. The number of nitrogens with one attached hydrogen (secondary N) is 1. The summed E-state index contributed by atoms with van der Waals surface area (Å²) >= 11 is 0. The highest BCUT2D eigenvalue weighted by molar-refractivity contribution is 4.69. The van der Waals surface area contributed by atoms with Crippen molar-refractivity contribution in [2.24, 2.45) is 5.92 Å². The lowest BCUT2D eigenvalue weighted by Crippen LogP contribution is -2.40. The molecule has 0 aliphatic carbocycles. The molecule has 1 fully saturated rings. The topological polar surface area (TPSA) is 24.5 Å². The van der Waals surface area contributed by atoms with Crippen molar-refractivity contribution >= 4 is 0 Å². The second-order valence-electron chi connectivity index (χ2n) is 4.76. The standard InChI is InChI=1S/C12H26N2O/c1-4-11(2)10-14(3)7-5-12-9-13-6-8-15-12/h11-13H,4-10H2,1-3H3. The molecule has 1 N–H and O–H groups in total. The summed E-state index contributed by atoms with van der Waals surface area (Å²) < 4.78 is 5.67. The lowest BCUT2D eigenvalue weighted by molar-refractivity contribution is 0.0181. The van der Waals surface area contributed by atoms with E-state index >= 15 is 0 Å². The van der Waals surface area contributed by atoms with Crippen LogP contribution in [0.2, 0.25) is 0 Å². The molecule has 3 heteroatoms. The van der Waals surface area contributed by atoms with Crippen molar-refractivity contribution in [1.82, 2.24) is 10.2 Å². The zero-order chi connectivity index (χ0) is 11.1. The Morgan fingerprint density at radius 3 is 2.93 bits per heavy atom. The van der Waals surface area contributed by atoms with Crippen molar-refractivity contribution in [1.29, 1.82) is 0 Å². The van der Waals surface area contributed by atoms with E-state index < -0.39 is 0 Å². The molecule has 2 unspecified atom stereocenters. The van der Waals surface area contributed by atoms with Gasteiger partial charge in [0.2, 0.25) is 0 Å². The minimum Gasteiger partial charge on any atom is -0.376 e. The number of morpholine rings is 1. The van der Waals surface area contributed by atoms with Crippen molar-refractivity contribution in [3.8, 4) is 0 Å². The molecule has 0 saturated carbocycles. The first-order valence-electron chi connectivity index (χ1n) is 6.23. The molecule has 0 radical (unpaired) electrons. The molecule has 0 bridgehead atoms. The van der Waals surface area contributed by atoms with E-state index in [1.807, 2.05) is 0 Å². The highest BCUT2D eigenvalue weighted by Gasteiger charge is 2.14. The van der Waals surface area contributed by atoms with Crippen LogP contribution in [0.3, 0.4) is 0 Å². The Morgan fingerprint density at radius 2 is 2.33 bits per heavy atom. The predicted octanol–water partition coefficient (Wildman–Crippen LogP) is 1.34. The molecule has 0 aromatic carbocycles. The van der Waals surface area contributed by atoms with Gasteiger partial charge in [-0.25, -0.2) is 0 Å². The van der Waals surface area contributed by atoms with E-state index in [9.17, 15) is 0 Å². The summed E-state index contributed by atoms with van der Waals surface area (Å²) in [6.45, 7) is 9.84. The van der Waals surface area contributed by atoms with Gasteiger partial charge in [-0.2, -0.15) is 0 Å². The van der Waals surface area contributed by atoms with Gasteiger partial charge in [-0.3, -0.25) is 0 Å². The molecule has 0 spiro atoms. The van der Waals surface area contributed by atoms with E-state index in [4.69, 9.17) is 4.74 Å². The van der Waals surface area contributed by atoms with Crippen LogP contribution in [0.4, 0.5) is 0 Å². The molecule has 0 aromatic rings. The molecule has 1 saturated heterocycles. The zero-order valence-electron chi connectivity index (χ0n) is 10.5. The summed E-state index contributed by atoms with van der Waals surface area (Å²) in [6, 6.07) is 0. The van der Waals surface area contributed by atoms with Crippen LogP contribution in [0.1, 0.15) is 26.7 Å². The quantitative estimate of drug-likeness (QED) is 0.722. The summed E-state index contributed by atoms with van der Waals surface area (Å²) in [6.07, 6.45) is 2.85. The lowest BCUT2D eigenvalue weighted by Gasteiger charge is -2.26. The molecular weight excluding hydrogens is 188 g/mol. The van der Waals surface area contributed by atoms with Gasteiger partial charge in [0, 0.05) is 26.2 Å². The Hall–Kier alpha value is -0.120. The molecule has 0 aromatic heterocycles. The van der Waals surface area contributed by atoms with Crippen LogP contribution in [0, 0.1) is 5.92 Å². The monoisotopic (exact) mass is 214 g/mol. The van der Waals surface area contributed by atoms with Crippen molar-refractivity contribution in [3.05, 3.63) is 0 Å². The minimum absolute atomic E-state index is 0.429. The molecule has 0 amide bonds. The van der Waals surface area contributed by atoms with Crippen molar-refractivity contribution in [2.45, 2.75) is 32.8 Å². The third-order valence-corrected chi connectivity index (χ3v) is 3.16. The van der Waals surface area contributed by atoms with Gasteiger partial charge >= 0.3 is 0 Å². The van der Waals surface area contributed by atoms with E-state index in [-0.39, 0.29) is 0 Å². The van der Waals surface area contributed by atoms with Gasteiger partial charge in [0.1, 0.15) is 0 Å². The van der Waals surface area contributed by atoms with Crippen molar-refractivity contribution in [2.75, 3.05) is 39.8 Å². The molecule has 1 heterocycles. The molecule has 1 rings (SSSR count). The fraction of sp³-hybridized carbons (Fsp3) is 1.00. The van der Waals surface area contributed by atoms with Crippen LogP contribution in [-0.4, -0.2) is 50.8 Å². The highest BCUT2D eigenvalue weighted by atomic mass is 16.5. The van der Waals surface area contributed by atoms with Crippen LogP contribution in [-0.2, 0) is 4.74 Å². The second-order valence-corrected chi connectivity index (χ2v) is 4.76. The first-order valence-corrected chi connectivity index (χ1v) is 6.23. The van der Waals surface area contributed by atoms with Gasteiger partial charge in [0.15, 0.2) is 0 Å². The summed E-state index contributed by atoms with van der Waals surface area (Å²) in [5, 5.41) is 3.37. The SMILES string of the molecule is CCC(C)CN(C)CCC1CNCCO1. The fourth-order valence-electron chi connectivity index (χ4n) is 1.92. The van der Waals surface area contributed by atoms with Crippen molar-refractivity contribution in [3.63, 3.8) is 0 Å². The molecule has 90 valence electrons. The molecular formula is C12H26N2O. The van der Waals surface area contributed by atoms with Gasteiger partial charge in [-0.1, -0.05) is 20.3 Å². The van der Waals surface area contributed by atoms with Crippen LogP contribution < -0.4 is 5.32 Å². The van der Waals surface area contributed by atoms with Gasteiger partial charge in [-0.15, -0.1) is 0 Å². The average molecular weight is 214 g/mol. The van der Waals surface area contributed by atoms with E-state index in [1.54, 1.807) is 0 Å². The van der Waals surface area contributed by atoms with Gasteiger partial charge in [-0.05, 0) is 19.4 Å². The number of rotatable bonds is 6. The summed E-state index contributed by atoms with van der Waals surface area (Å²) in [5.74, 6) is 0.806. The second kappa shape index (κ2) is 7.20. The van der Waals surface area contributed by atoms with Crippen LogP contribution in [0.25, 0.3) is 0 Å². The fourth-order valence-corrected chi connectivity index (χ4v) is 1.92. The van der Waals surface area contributed by atoms with Crippen LogP contribution in [0.5, 0.6) is 0 Å². The van der Waals surface area contributed by atoms with Crippen molar-refractivity contribution < 1.29 is 4.74 Å². The Balaban J connectivity index is 2.07. The Kier molecular flexibility index (Phi) is 6.22. The van der Waals surface area contributed by atoms with E-state index in [0.717, 1.165) is 38.6 Å². The first kappa shape index (κ1) is 12.9. The summed E-state index contributed by atoms with van der Waals surface area (Å²) in [4.78, 5) is 2.42. The maximum absolute atomic E-state index is 5.67. The maximum Gasteiger partial charge on any atom is 0.0712 e. The number of nitrogens with zero attached hydrogens (tertiary/aromatic N) is 1. The Morgan fingerprint density at radius 1 is 1.53 bits per heavy atom. The Bertz CT molecular complexity index is 158. The van der Waals surface area contributed by atoms with E-state index in [2.05, 4.69) is 31.1 Å². The summed E-state index contributed by atoms with van der Waals surface area (Å²) in [7, 11) is 2.21. The van der Waals surface area contributed by atoms with Crippen LogP contribution in [0.15, 0.2) is 0 Å². The normalized spacial score (nSPS) is 24.4. The molecule has 3 nitrogen and oxygen atoms in total. The number of hydrogen-bond acceptors (Lipinski definition) is 3. The first-order chi connectivity index (χ1) is 7.22. The lowest BCUT2D eigenvalue weighted by atomic mass is 10.1. The number of hydrogen-bond donors (Lipinski definition) is 1. The molecule has 2 atom stereocenters. The van der Waals surface area contributed by atoms with Gasteiger partial charge < -0.3 is 15.0 Å². The smallest absolute Gasteiger partial charge is 0.0712 e. The molecule has 1 aliphatic heterocycles. The predicted molar refractivity (Wildman–Crippen MR) is 64.2 cm³/mol. The zero-order valence-corrected chi connectivity index (χ0v) is 10.5. The van der Waals surface area contributed by atoms with E-state index in [0.29, 0.717) is 6.10 Å². The minimum atomic E-state index is 0.429. The highest BCUT2D eigenvalue weighted by Crippen LogP contribution is 2.06.